The molecule has 1 rings (SSSR count). The van der Waals surface area contributed by atoms with Crippen LogP contribution in [0, 0.1) is 0 Å². The van der Waals surface area contributed by atoms with Crippen molar-refractivity contribution < 1.29 is 16.8 Å². The summed E-state index contributed by atoms with van der Waals surface area (Å²) < 4.78 is 51.3. The van der Waals surface area contributed by atoms with E-state index in [4.69, 9.17) is 5.73 Å². The minimum absolute atomic E-state index is 0.00476. The summed E-state index contributed by atoms with van der Waals surface area (Å²) in [5.74, 6) is 0. The third kappa shape index (κ3) is 6.06. The minimum Gasteiger partial charge on any atom is -0.325 e. The summed E-state index contributed by atoms with van der Waals surface area (Å²) in [5.41, 5.74) is 5.01. The molecule has 10 heteroatoms. The lowest BCUT2D eigenvalue weighted by Crippen LogP contribution is -2.50. The normalized spacial score (nSPS) is 13.3. The van der Waals surface area contributed by atoms with Crippen LogP contribution in [0.25, 0.3) is 0 Å². The van der Waals surface area contributed by atoms with Crippen LogP contribution < -0.4 is 15.2 Å². The Kier molecular flexibility index (Phi) is 5.45. The van der Waals surface area contributed by atoms with Crippen molar-refractivity contribution in [2.45, 2.75) is 30.8 Å². The van der Waals surface area contributed by atoms with E-state index in [1.54, 1.807) is 13.8 Å². The molecule has 0 aliphatic rings. The maximum Gasteiger partial charge on any atom is 0.242 e. The topological polar surface area (TPSA) is 131 Å². The fourth-order valence-electron chi connectivity index (χ4n) is 1.59. The predicted molar refractivity (Wildman–Crippen MR) is 79.4 cm³/mol. The van der Waals surface area contributed by atoms with Gasteiger partial charge in [-0.25, -0.2) is 26.3 Å². The van der Waals surface area contributed by atoms with E-state index in [0.29, 0.717) is 5.69 Å². The van der Waals surface area contributed by atoms with E-state index in [0.717, 1.165) is 6.26 Å². The first-order valence-electron chi connectivity index (χ1n) is 6.09. The summed E-state index contributed by atoms with van der Waals surface area (Å²) in [4.78, 5) is 3.91. The fourth-order valence-corrected chi connectivity index (χ4v) is 3.82. The van der Waals surface area contributed by atoms with Crippen molar-refractivity contribution in [2.75, 3.05) is 12.8 Å². The highest BCUT2D eigenvalue weighted by Gasteiger charge is 2.25. The highest BCUT2D eigenvalue weighted by atomic mass is 32.2. The SMILES string of the molecule is CC(C)(CNS(=O)(=O)c1ccc(CN)nc1)NS(C)(=O)=O. The summed E-state index contributed by atoms with van der Waals surface area (Å²) in [5, 5.41) is 0. The van der Waals surface area contributed by atoms with E-state index in [9.17, 15) is 16.8 Å². The van der Waals surface area contributed by atoms with Gasteiger partial charge in [-0.15, -0.1) is 0 Å². The van der Waals surface area contributed by atoms with Gasteiger partial charge in [0.1, 0.15) is 4.90 Å². The van der Waals surface area contributed by atoms with Crippen LogP contribution in [0.3, 0.4) is 0 Å². The summed E-state index contributed by atoms with van der Waals surface area (Å²) >= 11 is 0. The summed E-state index contributed by atoms with van der Waals surface area (Å²) in [7, 11) is -7.20. The number of pyridine rings is 1. The van der Waals surface area contributed by atoms with Gasteiger partial charge in [0.2, 0.25) is 20.0 Å². The van der Waals surface area contributed by atoms with Gasteiger partial charge in [0, 0.05) is 24.8 Å². The molecule has 0 unspecified atom stereocenters. The molecule has 0 aliphatic carbocycles. The molecular weight excluding hydrogens is 316 g/mol. The Labute approximate surface area is 125 Å². The number of rotatable bonds is 7. The molecule has 0 aromatic carbocycles. The van der Waals surface area contributed by atoms with E-state index in [2.05, 4.69) is 14.4 Å². The Hall–Kier alpha value is -1.07. The van der Waals surface area contributed by atoms with Crippen LogP contribution >= 0.6 is 0 Å². The molecule has 21 heavy (non-hydrogen) atoms. The van der Waals surface area contributed by atoms with Crippen LogP contribution in [-0.4, -0.2) is 40.2 Å². The minimum atomic E-state index is -3.76. The van der Waals surface area contributed by atoms with Gasteiger partial charge < -0.3 is 5.73 Å². The van der Waals surface area contributed by atoms with Crippen molar-refractivity contribution in [3.63, 3.8) is 0 Å². The zero-order chi connectivity index (χ0) is 16.3. The van der Waals surface area contributed by atoms with Crippen LogP contribution in [0.15, 0.2) is 23.2 Å². The molecule has 0 amide bonds. The summed E-state index contributed by atoms with van der Waals surface area (Å²) in [6, 6.07) is 2.92. The third-order valence-electron chi connectivity index (χ3n) is 2.48. The van der Waals surface area contributed by atoms with Crippen molar-refractivity contribution >= 4 is 20.0 Å². The van der Waals surface area contributed by atoms with Gasteiger partial charge in [-0.05, 0) is 26.0 Å². The number of sulfonamides is 2. The Morgan fingerprint density at radius 1 is 1.24 bits per heavy atom. The van der Waals surface area contributed by atoms with Gasteiger partial charge in [0.15, 0.2) is 0 Å². The van der Waals surface area contributed by atoms with Gasteiger partial charge in [-0.2, -0.15) is 0 Å². The van der Waals surface area contributed by atoms with Crippen molar-refractivity contribution in [1.29, 1.82) is 0 Å². The standard InChI is InChI=1S/C11H20N4O4S2/c1-11(2,15-20(3,16)17)8-14-21(18,19)10-5-4-9(6-12)13-7-10/h4-5,7,14-15H,6,8,12H2,1-3H3. The third-order valence-corrected chi connectivity index (χ3v) is 4.79. The quantitative estimate of drug-likeness (QED) is 0.594. The van der Waals surface area contributed by atoms with E-state index in [-0.39, 0.29) is 18.0 Å². The highest BCUT2D eigenvalue weighted by molar-refractivity contribution is 7.89. The molecule has 0 saturated heterocycles. The maximum absolute atomic E-state index is 12.1. The molecule has 1 aromatic heterocycles. The van der Waals surface area contributed by atoms with E-state index < -0.39 is 25.6 Å². The highest BCUT2D eigenvalue weighted by Crippen LogP contribution is 2.09. The number of hydrogen-bond donors (Lipinski definition) is 3. The van der Waals surface area contributed by atoms with Crippen LogP contribution in [-0.2, 0) is 26.6 Å². The number of nitrogens with two attached hydrogens (primary N) is 1. The molecule has 0 bridgehead atoms. The van der Waals surface area contributed by atoms with Crippen molar-refractivity contribution in [2.24, 2.45) is 5.73 Å². The summed E-state index contributed by atoms with van der Waals surface area (Å²) in [6.07, 6.45) is 2.22. The Morgan fingerprint density at radius 2 is 1.86 bits per heavy atom. The molecule has 0 radical (unpaired) electrons. The largest absolute Gasteiger partial charge is 0.325 e. The van der Waals surface area contributed by atoms with E-state index in [1.165, 1.54) is 18.3 Å². The number of aromatic nitrogens is 1. The Morgan fingerprint density at radius 3 is 2.29 bits per heavy atom. The van der Waals surface area contributed by atoms with E-state index in [1.807, 2.05) is 0 Å². The second-order valence-corrected chi connectivity index (χ2v) is 8.79. The summed E-state index contributed by atoms with van der Waals surface area (Å²) in [6.45, 7) is 3.28. The zero-order valence-electron chi connectivity index (χ0n) is 12.1. The first-order valence-corrected chi connectivity index (χ1v) is 9.46. The first kappa shape index (κ1) is 18.0. The van der Waals surface area contributed by atoms with Crippen LogP contribution in [0.4, 0.5) is 0 Å². The van der Waals surface area contributed by atoms with Gasteiger partial charge in [-0.1, -0.05) is 0 Å². The van der Waals surface area contributed by atoms with Gasteiger partial charge in [0.05, 0.1) is 11.9 Å². The van der Waals surface area contributed by atoms with Crippen molar-refractivity contribution in [3.8, 4) is 0 Å². The van der Waals surface area contributed by atoms with Crippen LogP contribution in [0.2, 0.25) is 0 Å². The number of nitrogens with zero attached hydrogens (tertiary/aromatic N) is 1. The number of nitrogens with one attached hydrogen (secondary N) is 2. The van der Waals surface area contributed by atoms with Crippen LogP contribution in [0.1, 0.15) is 19.5 Å². The molecule has 8 nitrogen and oxygen atoms in total. The Bertz CT molecular complexity index is 681. The second-order valence-electron chi connectivity index (χ2n) is 5.27. The Balaban J connectivity index is 2.81. The monoisotopic (exact) mass is 336 g/mol. The fraction of sp³-hybridized carbons (Fsp3) is 0.545. The average Bonchev–Trinajstić information content (AvgIpc) is 2.34. The van der Waals surface area contributed by atoms with Crippen molar-refractivity contribution in [1.82, 2.24) is 14.4 Å². The van der Waals surface area contributed by atoms with Crippen molar-refractivity contribution in [3.05, 3.63) is 24.0 Å². The molecule has 0 saturated carbocycles. The lowest BCUT2D eigenvalue weighted by molar-refractivity contribution is 0.446. The maximum atomic E-state index is 12.1. The molecular formula is C11H20N4O4S2. The molecule has 0 fully saturated rings. The lowest BCUT2D eigenvalue weighted by atomic mass is 10.1. The molecule has 0 aliphatic heterocycles. The smallest absolute Gasteiger partial charge is 0.242 e. The number of hydrogen-bond acceptors (Lipinski definition) is 6. The molecule has 0 atom stereocenters. The predicted octanol–water partition coefficient (Wildman–Crippen LogP) is -0.854. The van der Waals surface area contributed by atoms with Gasteiger partial charge in [-0.3, -0.25) is 4.98 Å². The van der Waals surface area contributed by atoms with Gasteiger partial charge in [0.25, 0.3) is 0 Å². The molecule has 4 N–H and O–H groups in total. The molecule has 120 valence electrons. The average molecular weight is 336 g/mol. The van der Waals surface area contributed by atoms with E-state index >= 15 is 0 Å². The van der Waals surface area contributed by atoms with Gasteiger partial charge >= 0.3 is 0 Å². The molecule has 1 aromatic rings. The molecule has 0 spiro atoms. The molecule has 1 heterocycles. The lowest BCUT2D eigenvalue weighted by Gasteiger charge is -2.25. The first-order chi connectivity index (χ1) is 9.45. The zero-order valence-corrected chi connectivity index (χ0v) is 13.8. The second kappa shape index (κ2) is 6.36. The van der Waals surface area contributed by atoms with Crippen LogP contribution in [0.5, 0.6) is 0 Å².